The highest BCUT2D eigenvalue weighted by Gasteiger charge is 2.29. The molecule has 0 spiro atoms. The molecule has 0 aliphatic rings. The van der Waals surface area contributed by atoms with Crippen molar-refractivity contribution in [3.63, 3.8) is 0 Å². The minimum Gasteiger partial charge on any atom is -0.460 e. The molecule has 158 valence electrons. The minimum atomic E-state index is -0.387. The lowest BCUT2D eigenvalue weighted by Gasteiger charge is -2.31. The number of Topliss-reactive ketones (excluding diaryl/α,β-unsaturated/α-hetero) is 2. The van der Waals surface area contributed by atoms with Gasteiger partial charge in [0.2, 0.25) is 0 Å². The van der Waals surface area contributed by atoms with E-state index in [9.17, 15) is 14.4 Å². The number of esters is 1. The maximum Gasteiger partial charge on any atom is 0.323 e. The van der Waals surface area contributed by atoms with Gasteiger partial charge in [-0.1, -0.05) is 67.0 Å². The van der Waals surface area contributed by atoms with Crippen LogP contribution in [0.3, 0.4) is 0 Å². The van der Waals surface area contributed by atoms with Gasteiger partial charge < -0.3 is 4.74 Å². The molecule has 1 aromatic carbocycles. The van der Waals surface area contributed by atoms with Gasteiger partial charge in [0, 0.05) is 0 Å². The van der Waals surface area contributed by atoms with Crippen LogP contribution in [-0.4, -0.2) is 46.4 Å². The number of ketones is 2. The van der Waals surface area contributed by atoms with Gasteiger partial charge in [0.1, 0.15) is 24.2 Å². The van der Waals surface area contributed by atoms with Crippen molar-refractivity contribution in [1.82, 2.24) is 4.90 Å². The first-order valence-electron chi connectivity index (χ1n) is 9.76. The topological polar surface area (TPSA) is 63.7 Å². The minimum absolute atomic E-state index is 0.0764. The van der Waals surface area contributed by atoms with Gasteiger partial charge in [0.05, 0.1) is 10.9 Å². The Labute approximate surface area is 178 Å². The average molecular weight is 456 g/mol. The van der Waals surface area contributed by atoms with Gasteiger partial charge in [-0.05, 0) is 45.7 Å². The van der Waals surface area contributed by atoms with Crippen molar-refractivity contribution in [2.45, 2.75) is 77.4 Å². The molecule has 28 heavy (non-hydrogen) atoms. The molecule has 5 nitrogen and oxygen atoms in total. The maximum absolute atomic E-state index is 12.3. The summed E-state index contributed by atoms with van der Waals surface area (Å²) in [5.41, 5.74) is 0.960. The molecular formula is C22H34BrNO4. The second-order valence-corrected chi connectivity index (χ2v) is 7.81. The van der Waals surface area contributed by atoms with Crippen molar-refractivity contribution in [1.29, 1.82) is 0 Å². The highest BCUT2D eigenvalue weighted by molar-refractivity contribution is 9.10. The van der Waals surface area contributed by atoms with Gasteiger partial charge in [-0.25, -0.2) is 0 Å². The highest BCUT2D eigenvalue weighted by atomic mass is 79.9. The zero-order chi connectivity index (χ0) is 21.7. The number of benzene rings is 1. The molecule has 3 unspecified atom stereocenters. The molecule has 0 saturated heterocycles. The second-order valence-electron chi connectivity index (χ2n) is 6.70. The van der Waals surface area contributed by atoms with Crippen molar-refractivity contribution in [3.8, 4) is 0 Å². The zero-order valence-electron chi connectivity index (χ0n) is 17.9. The van der Waals surface area contributed by atoms with Gasteiger partial charge in [-0.15, -0.1) is 0 Å². The van der Waals surface area contributed by atoms with Crippen molar-refractivity contribution in [2.24, 2.45) is 0 Å². The Kier molecular flexibility index (Phi) is 13.7. The quantitative estimate of drug-likeness (QED) is 0.382. The molecule has 0 radical (unpaired) electrons. The number of hydrogen-bond donors (Lipinski definition) is 0. The van der Waals surface area contributed by atoms with Gasteiger partial charge in [-0.2, -0.15) is 0 Å². The fourth-order valence-electron chi connectivity index (χ4n) is 2.81. The third kappa shape index (κ3) is 9.60. The summed E-state index contributed by atoms with van der Waals surface area (Å²) < 4.78 is 5.38. The molecule has 0 aliphatic carbocycles. The first-order valence-corrected chi connectivity index (χ1v) is 10.7. The molecule has 6 heteroatoms. The van der Waals surface area contributed by atoms with E-state index in [-0.39, 0.29) is 41.1 Å². The first-order chi connectivity index (χ1) is 13.2. The Morgan fingerprint density at radius 1 is 0.929 bits per heavy atom. The average Bonchev–Trinajstić information content (AvgIpc) is 2.67. The van der Waals surface area contributed by atoms with E-state index in [1.165, 1.54) is 0 Å². The van der Waals surface area contributed by atoms with Gasteiger partial charge in [0.15, 0.2) is 0 Å². The Bertz CT molecular complexity index is 606. The van der Waals surface area contributed by atoms with Gasteiger partial charge >= 0.3 is 5.97 Å². The molecule has 1 aromatic rings. The summed E-state index contributed by atoms with van der Waals surface area (Å²) >= 11 is 3.19. The highest BCUT2D eigenvalue weighted by Crippen LogP contribution is 2.13. The number of carbonyl (C=O) groups excluding carboxylic acids is 3. The predicted octanol–water partition coefficient (Wildman–Crippen LogP) is 4.56. The largest absolute Gasteiger partial charge is 0.460 e. The number of rotatable bonds is 10. The molecule has 0 fully saturated rings. The molecule has 0 N–H and O–H groups in total. The predicted molar refractivity (Wildman–Crippen MR) is 117 cm³/mol. The molecule has 0 aromatic heterocycles. The van der Waals surface area contributed by atoms with Gasteiger partial charge in [-0.3, -0.25) is 19.3 Å². The van der Waals surface area contributed by atoms with E-state index in [0.717, 1.165) is 12.0 Å². The third-order valence-electron chi connectivity index (χ3n) is 4.52. The number of likely N-dealkylation sites (N-methyl/N-ethyl adjacent to an activating group) is 1. The van der Waals surface area contributed by atoms with E-state index in [1.54, 1.807) is 13.8 Å². The number of ether oxygens (including phenoxy) is 1. The Hall–Kier alpha value is -1.53. The molecule has 0 bridgehead atoms. The molecule has 0 heterocycles. The molecule has 0 aliphatic heterocycles. The van der Waals surface area contributed by atoms with Crippen LogP contribution in [0.25, 0.3) is 0 Å². The number of carbonyl (C=O) groups is 3. The Balaban J connectivity index is 0.000000887. The lowest BCUT2D eigenvalue weighted by molar-refractivity contribution is -0.152. The van der Waals surface area contributed by atoms with Crippen LogP contribution < -0.4 is 0 Å². The maximum atomic E-state index is 12.3. The summed E-state index contributed by atoms with van der Waals surface area (Å²) in [7, 11) is 1.81. The van der Waals surface area contributed by atoms with Crippen molar-refractivity contribution in [2.75, 3.05) is 7.05 Å². The SMILES string of the molecule is CCC(Br)C(C)=O.CCC(C(C)=O)N(C)C(CC)C(=O)OCc1ccccc1. The normalized spacial score (nSPS) is 13.7. The molecule has 0 amide bonds. The van der Waals surface area contributed by atoms with Crippen LogP contribution in [0.1, 0.15) is 59.4 Å². The van der Waals surface area contributed by atoms with E-state index in [2.05, 4.69) is 15.9 Å². The number of halogens is 1. The number of hydrogen-bond acceptors (Lipinski definition) is 5. The van der Waals surface area contributed by atoms with Crippen molar-refractivity contribution < 1.29 is 19.1 Å². The lowest BCUT2D eigenvalue weighted by Crippen LogP contribution is -2.47. The molecule has 3 atom stereocenters. The van der Waals surface area contributed by atoms with Crippen LogP contribution >= 0.6 is 15.9 Å². The fourth-order valence-corrected chi connectivity index (χ4v) is 2.81. The fraction of sp³-hybridized carbons (Fsp3) is 0.591. The van der Waals surface area contributed by atoms with Crippen LogP contribution in [0.4, 0.5) is 0 Å². The third-order valence-corrected chi connectivity index (χ3v) is 5.81. The van der Waals surface area contributed by atoms with Crippen LogP contribution in [0.5, 0.6) is 0 Å². The van der Waals surface area contributed by atoms with E-state index >= 15 is 0 Å². The van der Waals surface area contributed by atoms with Crippen LogP contribution in [0.15, 0.2) is 30.3 Å². The summed E-state index contributed by atoms with van der Waals surface area (Å²) in [5, 5.41) is 0. The molecule has 1 rings (SSSR count). The van der Waals surface area contributed by atoms with E-state index in [0.29, 0.717) is 12.8 Å². The first kappa shape index (κ1) is 26.5. The summed E-state index contributed by atoms with van der Waals surface area (Å²) in [6.07, 6.45) is 2.19. The van der Waals surface area contributed by atoms with Crippen molar-refractivity contribution in [3.05, 3.63) is 35.9 Å². The standard InChI is InChI=1S/C17H25NO3.C5H9BrO/c1-5-15(13(3)19)18(4)16(6-2)17(20)21-12-14-10-8-7-9-11-14;1-3-5(6)4(2)7/h7-11,15-16H,5-6,12H2,1-4H3;5H,3H2,1-2H3. The van der Waals surface area contributed by atoms with Gasteiger partial charge in [0.25, 0.3) is 0 Å². The zero-order valence-corrected chi connectivity index (χ0v) is 19.5. The van der Waals surface area contributed by atoms with Crippen LogP contribution in [-0.2, 0) is 25.7 Å². The number of nitrogens with zero attached hydrogens (tertiary/aromatic N) is 1. The van der Waals surface area contributed by atoms with Crippen LogP contribution in [0.2, 0.25) is 0 Å². The van der Waals surface area contributed by atoms with E-state index in [1.807, 2.05) is 63.1 Å². The summed E-state index contributed by atoms with van der Waals surface area (Å²) in [6.45, 7) is 9.26. The summed E-state index contributed by atoms with van der Waals surface area (Å²) in [4.78, 5) is 36.1. The summed E-state index contributed by atoms with van der Waals surface area (Å²) in [6, 6.07) is 8.96. The Morgan fingerprint density at radius 3 is 1.82 bits per heavy atom. The summed E-state index contributed by atoms with van der Waals surface area (Å²) in [5.74, 6) is 0.0142. The Morgan fingerprint density at radius 2 is 1.46 bits per heavy atom. The van der Waals surface area contributed by atoms with E-state index < -0.39 is 0 Å². The molecular weight excluding hydrogens is 422 g/mol. The smallest absolute Gasteiger partial charge is 0.323 e. The lowest BCUT2D eigenvalue weighted by atomic mass is 10.1. The number of alkyl halides is 1. The second kappa shape index (κ2) is 14.5. The van der Waals surface area contributed by atoms with E-state index in [4.69, 9.17) is 4.74 Å². The van der Waals surface area contributed by atoms with Crippen molar-refractivity contribution >= 4 is 33.5 Å². The molecule has 0 saturated carbocycles. The van der Waals surface area contributed by atoms with Crippen LogP contribution in [0, 0.1) is 0 Å². The monoisotopic (exact) mass is 455 g/mol.